The average Bonchev–Trinajstić information content (AvgIpc) is 2.37. The summed E-state index contributed by atoms with van der Waals surface area (Å²) in [5, 5.41) is 17.3. The summed E-state index contributed by atoms with van der Waals surface area (Å²) < 4.78 is 38.7. The number of carboxylic acid groups (broad SMARTS) is 1. The van der Waals surface area contributed by atoms with Crippen molar-refractivity contribution in [3.63, 3.8) is 0 Å². The van der Waals surface area contributed by atoms with Crippen LogP contribution in [0.5, 0.6) is 0 Å². The Morgan fingerprint density at radius 3 is 2.29 bits per heavy atom. The van der Waals surface area contributed by atoms with Crippen molar-refractivity contribution in [3.8, 4) is 0 Å². The van der Waals surface area contributed by atoms with E-state index in [1.54, 1.807) is 6.92 Å². The number of allylic oxidation sites excluding steroid dienone is 2. The van der Waals surface area contributed by atoms with Gasteiger partial charge in [-0.05, 0) is 18.6 Å². The number of alkyl halides is 3. The van der Waals surface area contributed by atoms with E-state index in [2.05, 4.69) is 0 Å². The van der Waals surface area contributed by atoms with Crippen LogP contribution >= 0.6 is 0 Å². The molecule has 0 aliphatic rings. The summed E-state index contributed by atoms with van der Waals surface area (Å²) in [5.41, 5.74) is -1.51. The maximum atomic E-state index is 12.9. The maximum Gasteiger partial charge on any atom is 0.417 e. The van der Waals surface area contributed by atoms with Crippen molar-refractivity contribution < 1.29 is 33.0 Å². The van der Waals surface area contributed by atoms with Gasteiger partial charge in [-0.1, -0.05) is 24.3 Å². The molecule has 0 heterocycles. The summed E-state index contributed by atoms with van der Waals surface area (Å²) in [7, 11) is 0. The van der Waals surface area contributed by atoms with Crippen molar-refractivity contribution in [2.75, 3.05) is 0 Å². The molecule has 4 nitrogen and oxygen atoms in total. The minimum absolute atomic E-state index is 0.118. The van der Waals surface area contributed by atoms with Gasteiger partial charge in [0.05, 0.1) is 5.56 Å². The highest BCUT2D eigenvalue weighted by molar-refractivity contribution is 6.07. The molecule has 0 aliphatic heterocycles. The highest BCUT2D eigenvalue weighted by Gasteiger charge is 2.33. The van der Waals surface area contributed by atoms with Gasteiger partial charge in [0.1, 0.15) is 0 Å². The van der Waals surface area contributed by atoms with Gasteiger partial charge in [-0.25, -0.2) is 4.79 Å². The molecule has 1 aromatic carbocycles. The topological polar surface area (TPSA) is 74.6 Å². The smallest absolute Gasteiger partial charge is 0.417 e. The molecule has 0 unspecified atom stereocenters. The Morgan fingerprint density at radius 2 is 1.81 bits per heavy atom. The van der Waals surface area contributed by atoms with Crippen LogP contribution in [0.4, 0.5) is 13.2 Å². The lowest BCUT2D eigenvalue weighted by molar-refractivity contribution is -0.138. The predicted octanol–water partition coefficient (Wildman–Crippen LogP) is 3.45. The number of benzene rings is 1. The van der Waals surface area contributed by atoms with Crippen LogP contribution in [0.15, 0.2) is 36.1 Å². The second-order valence-electron chi connectivity index (χ2n) is 4.00. The molecule has 0 fully saturated rings. The van der Waals surface area contributed by atoms with Crippen molar-refractivity contribution in [2.24, 2.45) is 0 Å². The molecule has 1 aromatic rings. The number of rotatable bonds is 4. The van der Waals surface area contributed by atoms with Crippen molar-refractivity contribution in [1.82, 2.24) is 0 Å². The molecular formula is C14H11F3O4. The molecule has 0 spiro atoms. The standard InChI is InChI=1S/C14H11F3O4/c1-2-3-8-4-5-9(6-10(8)14(15,16)17)11(18)7-12(19)13(20)21/h2-7,19H,1H3,(H,20,21)/b3-2-,12-7-. The minimum Gasteiger partial charge on any atom is -0.502 e. The molecule has 1 rings (SSSR count). The fraction of sp³-hybridized carbons (Fsp3) is 0.143. The third kappa shape index (κ3) is 4.20. The number of hydrogen-bond acceptors (Lipinski definition) is 3. The second kappa shape index (κ2) is 6.25. The molecule has 0 amide bonds. The largest absolute Gasteiger partial charge is 0.502 e. The van der Waals surface area contributed by atoms with E-state index in [1.165, 1.54) is 12.2 Å². The Bertz CT molecular complexity index is 628. The Morgan fingerprint density at radius 1 is 1.19 bits per heavy atom. The van der Waals surface area contributed by atoms with Gasteiger partial charge < -0.3 is 10.2 Å². The van der Waals surface area contributed by atoms with Gasteiger partial charge >= 0.3 is 12.1 Å². The fourth-order valence-electron chi connectivity index (χ4n) is 1.55. The Labute approximate surface area is 117 Å². The molecule has 21 heavy (non-hydrogen) atoms. The number of aliphatic carboxylic acids is 1. The van der Waals surface area contributed by atoms with Gasteiger partial charge in [-0.3, -0.25) is 4.79 Å². The van der Waals surface area contributed by atoms with E-state index in [1.807, 2.05) is 0 Å². The summed E-state index contributed by atoms with van der Waals surface area (Å²) >= 11 is 0. The molecule has 0 saturated carbocycles. The third-order valence-corrected chi connectivity index (χ3v) is 2.48. The first-order chi connectivity index (χ1) is 9.66. The number of aliphatic hydroxyl groups excluding tert-OH is 1. The number of halogens is 3. The normalized spacial score (nSPS) is 12.7. The molecule has 7 heteroatoms. The quantitative estimate of drug-likeness (QED) is 0.507. The highest BCUT2D eigenvalue weighted by Crippen LogP contribution is 2.33. The van der Waals surface area contributed by atoms with E-state index in [-0.39, 0.29) is 11.1 Å². The number of ketones is 1. The van der Waals surface area contributed by atoms with E-state index < -0.39 is 29.3 Å². The average molecular weight is 300 g/mol. The Balaban J connectivity index is 3.32. The van der Waals surface area contributed by atoms with Crippen LogP contribution in [-0.4, -0.2) is 22.0 Å². The molecule has 0 saturated heterocycles. The number of carbonyl (C=O) groups is 2. The zero-order valence-electron chi connectivity index (χ0n) is 10.8. The van der Waals surface area contributed by atoms with Gasteiger partial charge in [0.25, 0.3) is 0 Å². The summed E-state index contributed by atoms with van der Waals surface area (Å²) in [4.78, 5) is 22.0. The summed E-state index contributed by atoms with van der Waals surface area (Å²) in [6, 6.07) is 2.84. The lowest BCUT2D eigenvalue weighted by atomic mass is 10.0. The monoisotopic (exact) mass is 300 g/mol. The van der Waals surface area contributed by atoms with Gasteiger partial charge in [-0.15, -0.1) is 0 Å². The SMILES string of the molecule is C/C=C\c1ccc(C(=O)/C=C(\O)C(=O)O)cc1C(F)(F)F. The zero-order chi connectivity index (χ0) is 16.2. The van der Waals surface area contributed by atoms with Crippen LogP contribution < -0.4 is 0 Å². The van der Waals surface area contributed by atoms with Gasteiger partial charge in [0.2, 0.25) is 5.76 Å². The molecule has 0 aliphatic carbocycles. The molecule has 0 atom stereocenters. The van der Waals surface area contributed by atoms with Crippen LogP contribution in [0, 0.1) is 0 Å². The molecule has 0 aromatic heterocycles. The Hall–Kier alpha value is -2.57. The molecule has 0 bridgehead atoms. The highest BCUT2D eigenvalue weighted by atomic mass is 19.4. The van der Waals surface area contributed by atoms with Crippen molar-refractivity contribution >= 4 is 17.8 Å². The second-order valence-corrected chi connectivity index (χ2v) is 4.00. The first-order valence-electron chi connectivity index (χ1n) is 5.69. The lowest BCUT2D eigenvalue weighted by Gasteiger charge is -2.11. The van der Waals surface area contributed by atoms with Crippen LogP contribution in [0.3, 0.4) is 0 Å². The number of carbonyl (C=O) groups excluding carboxylic acids is 1. The van der Waals surface area contributed by atoms with Crippen LogP contribution in [0.25, 0.3) is 6.08 Å². The van der Waals surface area contributed by atoms with Crippen molar-refractivity contribution in [2.45, 2.75) is 13.1 Å². The minimum atomic E-state index is -4.66. The predicted molar refractivity (Wildman–Crippen MR) is 68.8 cm³/mol. The zero-order valence-corrected chi connectivity index (χ0v) is 10.8. The summed E-state index contributed by atoms with van der Waals surface area (Å²) in [6.45, 7) is 1.55. The van der Waals surface area contributed by atoms with Crippen molar-refractivity contribution in [1.29, 1.82) is 0 Å². The van der Waals surface area contributed by atoms with E-state index in [0.717, 1.165) is 12.1 Å². The molecular weight excluding hydrogens is 289 g/mol. The van der Waals surface area contributed by atoms with Crippen LogP contribution in [0.1, 0.15) is 28.4 Å². The van der Waals surface area contributed by atoms with Gasteiger partial charge in [-0.2, -0.15) is 13.2 Å². The molecule has 0 radical (unpaired) electrons. The fourth-order valence-corrected chi connectivity index (χ4v) is 1.55. The van der Waals surface area contributed by atoms with E-state index in [9.17, 15) is 22.8 Å². The van der Waals surface area contributed by atoms with Crippen LogP contribution in [0.2, 0.25) is 0 Å². The van der Waals surface area contributed by atoms with E-state index in [0.29, 0.717) is 12.1 Å². The first kappa shape index (κ1) is 16.5. The first-order valence-corrected chi connectivity index (χ1v) is 5.69. The van der Waals surface area contributed by atoms with Gasteiger partial charge in [0, 0.05) is 11.6 Å². The molecule has 2 N–H and O–H groups in total. The molecule has 112 valence electrons. The number of hydrogen-bond donors (Lipinski definition) is 2. The Kier molecular flexibility index (Phi) is 4.91. The number of carboxylic acids is 1. The summed E-state index contributed by atoms with van der Waals surface area (Å²) in [6.07, 6.45) is -1.65. The maximum absolute atomic E-state index is 12.9. The number of aliphatic hydroxyl groups is 1. The third-order valence-electron chi connectivity index (χ3n) is 2.48. The summed E-state index contributed by atoms with van der Waals surface area (Å²) in [5.74, 6) is -4.02. The van der Waals surface area contributed by atoms with E-state index in [4.69, 9.17) is 10.2 Å². The van der Waals surface area contributed by atoms with Crippen molar-refractivity contribution in [3.05, 3.63) is 52.8 Å². The van der Waals surface area contributed by atoms with E-state index >= 15 is 0 Å². The van der Waals surface area contributed by atoms with Crippen LogP contribution in [-0.2, 0) is 11.0 Å². The lowest BCUT2D eigenvalue weighted by Crippen LogP contribution is -2.10. The van der Waals surface area contributed by atoms with Gasteiger partial charge in [0.15, 0.2) is 5.78 Å².